The minimum atomic E-state index is -0.526. The van der Waals surface area contributed by atoms with Gasteiger partial charge in [0, 0.05) is 38.7 Å². The van der Waals surface area contributed by atoms with Gasteiger partial charge in [-0.3, -0.25) is 18.9 Å². The number of amides is 1. The number of hydrogen-bond donors (Lipinski definition) is 0. The number of fused-ring (bicyclic) bond motifs is 1. The summed E-state index contributed by atoms with van der Waals surface area (Å²) in [5.41, 5.74) is 0.781. The largest absolute Gasteiger partial charge is 0.355 e. The maximum atomic E-state index is 13.6. The van der Waals surface area contributed by atoms with Crippen LogP contribution in [0.25, 0.3) is 11.7 Å². The number of pyridine rings is 1. The van der Waals surface area contributed by atoms with Crippen LogP contribution in [0.5, 0.6) is 0 Å². The van der Waals surface area contributed by atoms with Crippen molar-refractivity contribution in [1.82, 2.24) is 14.3 Å². The summed E-state index contributed by atoms with van der Waals surface area (Å²) in [4.78, 5) is 36.0. The fourth-order valence-corrected chi connectivity index (χ4v) is 6.29. The second-order valence-electron chi connectivity index (χ2n) is 9.43. The maximum absolute atomic E-state index is 13.6. The number of thiocarbonyl (C=S) groups is 1. The highest BCUT2D eigenvalue weighted by Gasteiger charge is 2.41. The Balaban J connectivity index is 1.43. The summed E-state index contributed by atoms with van der Waals surface area (Å²) in [6, 6.07) is 5.49. The fraction of sp³-hybridized carbons (Fsp3) is 0.538. The molecule has 2 aromatic rings. The van der Waals surface area contributed by atoms with Crippen LogP contribution in [0.2, 0.25) is 0 Å². The minimum absolute atomic E-state index is 0.130. The molecule has 0 saturated carbocycles. The predicted molar refractivity (Wildman–Crippen MR) is 146 cm³/mol. The van der Waals surface area contributed by atoms with Crippen molar-refractivity contribution in [2.45, 2.75) is 57.7 Å². The summed E-state index contributed by atoms with van der Waals surface area (Å²) in [7, 11) is 0. The summed E-state index contributed by atoms with van der Waals surface area (Å²) >= 11 is 6.79. The maximum Gasteiger partial charge on any atom is 0.267 e. The molecule has 5 heterocycles. The lowest BCUT2D eigenvalue weighted by Crippen LogP contribution is -2.46. The summed E-state index contributed by atoms with van der Waals surface area (Å²) in [5, 5.41) is 0. The van der Waals surface area contributed by atoms with Gasteiger partial charge in [0.15, 0.2) is 5.79 Å². The van der Waals surface area contributed by atoms with Crippen molar-refractivity contribution in [2.75, 3.05) is 37.7 Å². The Morgan fingerprint density at radius 1 is 1.11 bits per heavy atom. The number of aromatic nitrogens is 2. The Bertz CT molecular complexity index is 1230. The Morgan fingerprint density at radius 2 is 1.86 bits per heavy atom. The lowest BCUT2D eigenvalue weighted by Gasteiger charge is -2.38. The average Bonchev–Trinajstić information content (AvgIpc) is 3.45. The molecule has 10 heteroatoms. The van der Waals surface area contributed by atoms with Crippen LogP contribution in [0.1, 0.15) is 57.4 Å². The minimum Gasteiger partial charge on any atom is -0.355 e. The molecule has 8 nitrogen and oxygen atoms in total. The van der Waals surface area contributed by atoms with Crippen molar-refractivity contribution < 1.29 is 14.3 Å². The third-order valence-corrected chi connectivity index (χ3v) is 8.40. The molecule has 1 spiro atoms. The van der Waals surface area contributed by atoms with Crippen molar-refractivity contribution in [3.05, 3.63) is 45.2 Å². The van der Waals surface area contributed by atoms with Gasteiger partial charge in [0.05, 0.1) is 23.7 Å². The molecule has 36 heavy (non-hydrogen) atoms. The molecule has 3 saturated heterocycles. The van der Waals surface area contributed by atoms with Crippen LogP contribution < -0.4 is 10.5 Å². The van der Waals surface area contributed by atoms with E-state index in [-0.39, 0.29) is 11.5 Å². The SMILES string of the molecule is CCCCCCCN1C(=O)/C(=C\c2c(N3CCC4(CC3)OCCO4)nc3ccccn3c2=O)SC1=S. The second kappa shape index (κ2) is 11.0. The molecule has 3 aliphatic rings. The Hall–Kier alpha value is -2.27. The van der Waals surface area contributed by atoms with Crippen molar-refractivity contribution in [2.24, 2.45) is 0 Å². The third-order valence-electron chi connectivity index (χ3n) is 7.02. The fourth-order valence-electron chi connectivity index (χ4n) is 5.00. The van der Waals surface area contributed by atoms with E-state index in [0.717, 1.165) is 19.3 Å². The van der Waals surface area contributed by atoms with Crippen molar-refractivity contribution in [3.8, 4) is 0 Å². The first-order valence-corrected chi connectivity index (χ1v) is 14.0. The Morgan fingerprint density at radius 3 is 2.61 bits per heavy atom. The topological polar surface area (TPSA) is 76.4 Å². The van der Waals surface area contributed by atoms with E-state index < -0.39 is 5.79 Å². The molecule has 3 aliphatic heterocycles. The number of hydrogen-bond acceptors (Lipinski definition) is 8. The molecule has 2 aromatic heterocycles. The van der Waals surface area contributed by atoms with E-state index in [1.165, 1.54) is 29.0 Å². The van der Waals surface area contributed by atoms with Crippen molar-refractivity contribution in [3.63, 3.8) is 0 Å². The van der Waals surface area contributed by atoms with E-state index >= 15 is 0 Å². The molecule has 5 rings (SSSR count). The Kier molecular flexibility index (Phi) is 7.76. The van der Waals surface area contributed by atoms with Crippen LogP contribution in [0.4, 0.5) is 5.82 Å². The van der Waals surface area contributed by atoms with E-state index in [9.17, 15) is 9.59 Å². The van der Waals surface area contributed by atoms with Crippen LogP contribution in [-0.2, 0) is 14.3 Å². The highest BCUT2D eigenvalue weighted by Crippen LogP contribution is 2.36. The van der Waals surface area contributed by atoms with Gasteiger partial charge in [-0.15, -0.1) is 0 Å². The normalized spacial score (nSPS) is 21.0. The van der Waals surface area contributed by atoms with E-state index in [1.807, 2.05) is 12.1 Å². The molecular formula is C26H32N4O4S2. The first kappa shape index (κ1) is 25.4. The third kappa shape index (κ3) is 5.09. The van der Waals surface area contributed by atoms with Gasteiger partial charge in [-0.05, 0) is 24.6 Å². The molecule has 0 aromatic carbocycles. The van der Waals surface area contributed by atoms with Crippen LogP contribution in [0, 0.1) is 0 Å². The number of unbranched alkanes of at least 4 members (excludes halogenated alkanes) is 4. The van der Waals surface area contributed by atoms with E-state index in [0.29, 0.717) is 71.9 Å². The van der Waals surface area contributed by atoms with Crippen molar-refractivity contribution in [1.29, 1.82) is 0 Å². The number of anilines is 1. The number of nitrogens with zero attached hydrogens (tertiary/aromatic N) is 4. The van der Waals surface area contributed by atoms with E-state index in [4.69, 9.17) is 26.7 Å². The zero-order chi connectivity index (χ0) is 25.1. The van der Waals surface area contributed by atoms with Gasteiger partial charge >= 0.3 is 0 Å². The zero-order valence-corrected chi connectivity index (χ0v) is 22.2. The molecular weight excluding hydrogens is 496 g/mol. The molecule has 192 valence electrons. The number of carbonyl (C=O) groups excluding carboxylic acids is 1. The first-order chi connectivity index (χ1) is 17.5. The van der Waals surface area contributed by atoms with Crippen LogP contribution in [-0.4, -0.2) is 63.1 Å². The number of carbonyl (C=O) groups is 1. The predicted octanol–water partition coefficient (Wildman–Crippen LogP) is 4.21. The molecule has 0 radical (unpaired) electrons. The molecule has 0 unspecified atom stereocenters. The molecule has 3 fully saturated rings. The average molecular weight is 529 g/mol. The van der Waals surface area contributed by atoms with E-state index in [2.05, 4.69) is 11.8 Å². The standard InChI is InChI=1S/C26H32N4O4S2/c1-2-3-4-5-7-13-30-24(32)20(36-25(30)35)18-19-22(27-21-9-6-8-12-29(21)23(19)31)28-14-10-26(11-15-28)33-16-17-34-26/h6,8-9,12,18H,2-5,7,10-11,13-17H2,1H3/b20-18+. The van der Waals surface area contributed by atoms with Gasteiger partial charge in [0.25, 0.3) is 11.5 Å². The summed E-state index contributed by atoms with van der Waals surface area (Å²) in [6.07, 6.45) is 10.3. The van der Waals surface area contributed by atoms with Gasteiger partial charge in [0.1, 0.15) is 15.8 Å². The van der Waals surface area contributed by atoms with E-state index in [1.54, 1.807) is 23.2 Å². The number of thioether (sulfide) groups is 1. The van der Waals surface area contributed by atoms with Crippen LogP contribution in [0.15, 0.2) is 34.1 Å². The number of piperidine rings is 1. The monoisotopic (exact) mass is 528 g/mol. The smallest absolute Gasteiger partial charge is 0.267 e. The molecule has 0 atom stereocenters. The Labute approximate surface area is 220 Å². The molecule has 0 aliphatic carbocycles. The number of ether oxygens (including phenoxy) is 2. The summed E-state index contributed by atoms with van der Waals surface area (Å²) in [6.45, 7) is 5.32. The zero-order valence-electron chi connectivity index (χ0n) is 20.6. The molecule has 1 amide bonds. The van der Waals surface area contributed by atoms with Gasteiger partial charge in [-0.1, -0.05) is 62.7 Å². The van der Waals surface area contributed by atoms with Gasteiger partial charge in [-0.2, -0.15) is 0 Å². The van der Waals surface area contributed by atoms with Crippen molar-refractivity contribution >= 4 is 51.7 Å². The van der Waals surface area contributed by atoms with Gasteiger partial charge < -0.3 is 14.4 Å². The van der Waals surface area contributed by atoms with Gasteiger partial charge in [0.2, 0.25) is 0 Å². The highest BCUT2D eigenvalue weighted by atomic mass is 32.2. The summed E-state index contributed by atoms with van der Waals surface area (Å²) < 4.78 is 13.8. The highest BCUT2D eigenvalue weighted by molar-refractivity contribution is 8.26. The quantitative estimate of drug-likeness (QED) is 0.287. The summed E-state index contributed by atoms with van der Waals surface area (Å²) in [5.74, 6) is -0.0690. The first-order valence-electron chi connectivity index (χ1n) is 12.8. The molecule has 0 N–H and O–H groups in total. The second-order valence-corrected chi connectivity index (χ2v) is 11.1. The van der Waals surface area contributed by atoms with Gasteiger partial charge in [-0.25, -0.2) is 4.98 Å². The lowest BCUT2D eigenvalue weighted by molar-refractivity contribution is -0.169. The van der Waals surface area contributed by atoms with Crippen LogP contribution >= 0.6 is 24.0 Å². The van der Waals surface area contributed by atoms with Crippen LogP contribution in [0.3, 0.4) is 0 Å². The molecule has 0 bridgehead atoms. The number of rotatable bonds is 8. The lowest BCUT2D eigenvalue weighted by atomic mass is 10.0.